The Balaban J connectivity index is 0.000001000. The number of nitrogens with zero attached hydrogens (tertiary/aromatic N) is 1. The summed E-state index contributed by atoms with van der Waals surface area (Å²) in [5.74, 6) is 0. The second-order valence-electron chi connectivity index (χ2n) is 2.09. The minimum Gasteiger partial charge on any atom is -1.00 e. The van der Waals surface area contributed by atoms with E-state index in [2.05, 4.69) is 12.6 Å². The quantitative estimate of drug-likeness (QED) is 0.384. The van der Waals surface area contributed by atoms with E-state index < -0.39 is 0 Å². The number of hydrogen-bond acceptors (Lipinski definition) is 2. The summed E-state index contributed by atoms with van der Waals surface area (Å²) in [7, 11) is 0. The molecule has 0 amide bonds. The van der Waals surface area contributed by atoms with Gasteiger partial charge in [-0.25, -0.2) is 4.57 Å². The number of aromatic nitrogens is 1. The summed E-state index contributed by atoms with van der Waals surface area (Å²) in [5.41, 5.74) is 5.36. The topological polar surface area (TPSA) is 29.9 Å². The molecule has 2 N–H and O–H groups in total. The Hall–Kier alpha value is -0.250. The lowest BCUT2D eigenvalue weighted by Gasteiger charge is -1.92. The first kappa shape index (κ1) is 10.8. The van der Waals surface area contributed by atoms with Crippen molar-refractivity contribution in [2.75, 3.05) is 6.54 Å². The minimum atomic E-state index is 0. The first-order valence-electron chi connectivity index (χ1n) is 3.21. The number of thiol groups is 1. The van der Waals surface area contributed by atoms with Crippen LogP contribution in [0.2, 0.25) is 0 Å². The molecule has 1 aromatic heterocycles. The zero-order valence-electron chi connectivity index (χ0n) is 6.07. The zero-order chi connectivity index (χ0) is 7.40. The fraction of sp³-hybridized carbons (Fsp3) is 0.286. The average Bonchev–Trinajstić information content (AvgIpc) is 1.88. The molecule has 1 aromatic rings. The lowest BCUT2D eigenvalue weighted by atomic mass is 10.5. The summed E-state index contributed by atoms with van der Waals surface area (Å²) in [6, 6.07) is 3.90. The van der Waals surface area contributed by atoms with Crippen molar-refractivity contribution < 1.29 is 17.0 Å². The molecule has 0 unspecified atom stereocenters. The van der Waals surface area contributed by atoms with Gasteiger partial charge in [-0.05, 0) is 6.07 Å². The monoisotopic (exact) mass is 190 g/mol. The van der Waals surface area contributed by atoms with Gasteiger partial charge in [-0.15, -0.1) is 12.6 Å². The predicted octanol–water partition coefficient (Wildman–Crippen LogP) is -2.77. The van der Waals surface area contributed by atoms with Gasteiger partial charge in [0, 0.05) is 6.07 Å². The van der Waals surface area contributed by atoms with Crippen LogP contribution in [0.4, 0.5) is 0 Å². The Kier molecular flexibility index (Phi) is 5.28. The third-order valence-electron chi connectivity index (χ3n) is 1.23. The minimum absolute atomic E-state index is 0. The lowest BCUT2D eigenvalue weighted by molar-refractivity contribution is -0.696. The highest BCUT2D eigenvalue weighted by atomic mass is 35.5. The van der Waals surface area contributed by atoms with E-state index in [1.807, 2.05) is 29.1 Å². The molecule has 0 spiro atoms. The van der Waals surface area contributed by atoms with Gasteiger partial charge in [0.1, 0.15) is 0 Å². The van der Waals surface area contributed by atoms with Gasteiger partial charge in [0.25, 0.3) is 0 Å². The van der Waals surface area contributed by atoms with Crippen LogP contribution in [0.1, 0.15) is 0 Å². The van der Waals surface area contributed by atoms with E-state index >= 15 is 0 Å². The molecule has 0 aromatic carbocycles. The van der Waals surface area contributed by atoms with Crippen molar-refractivity contribution in [3.05, 3.63) is 24.5 Å². The van der Waals surface area contributed by atoms with Crippen molar-refractivity contribution in [3.8, 4) is 0 Å². The third kappa shape index (κ3) is 3.60. The smallest absolute Gasteiger partial charge is 0.182 e. The Morgan fingerprint density at radius 1 is 1.55 bits per heavy atom. The molecule has 4 heteroatoms. The second-order valence-corrected chi connectivity index (χ2v) is 2.61. The molecule has 2 nitrogen and oxygen atoms in total. The molecule has 0 radical (unpaired) electrons. The summed E-state index contributed by atoms with van der Waals surface area (Å²) in [6.45, 7) is 1.52. The zero-order valence-corrected chi connectivity index (χ0v) is 7.72. The SMILES string of the molecule is NCC[n+]1cccc(S)c1.[Cl-]. The highest BCUT2D eigenvalue weighted by Gasteiger charge is 1.96. The molecule has 11 heavy (non-hydrogen) atoms. The van der Waals surface area contributed by atoms with E-state index in [1.165, 1.54) is 0 Å². The van der Waals surface area contributed by atoms with Crippen molar-refractivity contribution >= 4 is 12.6 Å². The van der Waals surface area contributed by atoms with E-state index in [9.17, 15) is 0 Å². The maximum Gasteiger partial charge on any atom is 0.182 e. The van der Waals surface area contributed by atoms with Crippen molar-refractivity contribution in [1.29, 1.82) is 0 Å². The summed E-state index contributed by atoms with van der Waals surface area (Å²) < 4.78 is 2.02. The van der Waals surface area contributed by atoms with Crippen LogP contribution in [0.15, 0.2) is 29.4 Å². The fourth-order valence-electron chi connectivity index (χ4n) is 0.796. The molecule has 0 aliphatic carbocycles. The van der Waals surface area contributed by atoms with Gasteiger partial charge in [0.05, 0.1) is 11.4 Å². The van der Waals surface area contributed by atoms with Gasteiger partial charge in [-0.2, -0.15) is 0 Å². The standard InChI is InChI=1S/C7H10N2S.ClH/c8-3-5-9-4-1-2-7(10)6-9;/h1-2,4,6H,3,5,8H2;1H. The van der Waals surface area contributed by atoms with E-state index in [4.69, 9.17) is 5.73 Å². The van der Waals surface area contributed by atoms with Crippen LogP contribution in [-0.2, 0) is 6.54 Å². The molecule has 0 aliphatic rings. The van der Waals surface area contributed by atoms with Crippen LogP contribution in [0.3, 0.4) is 0 Å². The molecular formula is C7H11ClN2S. The first-order chi connectivity index (χ1) is 4.83. The second kappa shape index (κ2) is 5.41. The van der Waals surface area contributed by atoms with Gasteiger partial charge in [-0.3, -0.25) is 0 Å². The molecule has 0 bridgehead atoms. The number of nitrogens with two attached hydrogens (primary N) is 1. The lowest BCUT2D eigenvalue weighted by Crippen LogP contribution is -3.00. The molecule has 0 saturated carbocycles. The molecule has 0 aliphatic heterocycles. The number of hydrogen-bond donors (Lipinski definition) is 2. The molecular weight excluding hydrogens is 180 g/mol. The van der Waals surface area contributed by atoms with Crippen LogP contribution < -0.4 is 22.7 Å². The van der Waals surface area contributed by atoms with Crippen LogP contribution in [-0.4, -0.2) is 6.54 Å². The molecule has 0 saturated heterocycles. The van der Waals surface area contributed by atoms with Crippen molar-refractivity contribution in [3.63, 3.8) is 0 Å². The Bertz CT molecular complexity index is 217. The highest BCUT2D eigenvalue weighted by Crippen LogP contribution is 1.97. The Morgan fingerprint density at radius 2 is 2.27 bits per heavy atom. The van der Waals surface area contributed by atoms with Gasteiger partial charge in [-0.1, -0.05) is 0 Å². The van der Waals surface area contributed by atoms with Crippen LogP contribution in [0, 0.1) is 0 Å². The number of halogens is 1. The van der Waals surface area contributed by atoms with Crippen LogP contribution in [0.25, 0.3) is 0 Å². The molecule has 1 heterocycles. The van der Waals surface area contributed by atoms with E-state index in [1.54, 1.807) is 0 Å². The third-order valence-corrected chi connectivity index (χ3v) is 1.49. The van der Waals surface area contributed by atoms with Gasteiger partial charge >= 0.3 is 0 Å². The number of rotatable bonds is 2. The van der Waals surface area contributed by atoms with Gasteiger partial charge in [0.2, 0.25) is 0 Å². The van der Waals surface area contributed by atoms with Crippen LogP contribution in [0.5, 0.6) is 0 Å². The summed E-state index contributed by atoms with van der Waals surface area (Å²) >= 11 is 4.19. The Labute approximate surface area is 78.2 Å². The summed E-state index contributed by atoms with van der Waals surface area (Å²) in [6.07, 6.45) is 3.93. The Morgan fingerprint density at radius 3 is 2.82 bits per heavy atom. The first-order valence-corrected chi connectivity index (χ1v) is 3.66. The fourth-order valence-corrected chi connectivity index (χ4v) is 1.03. The van der Waals surface area contributed by atoms with Crippen molar-refractivity contribution in [2.45, 2.75) is 11.4 Å². The predicted molar refractivity (Wildman–Crippen MR) is 42.9 cm³/mol. The molecule has 1 rings (SSSR count). The normalized spacial score (nSPS) is 8.91. The van der Waals surface area contributed by atoms with Gasteiger partial charge < -0.3 is 18.1 Å². The average molecular weight is 191 g/mol. The summed E-state index contributed by atoms with van der Waals surface area (Å²) in [4.78, 5) is 0.968. The van der Waals surface area contributed by atoms with Crippen molar-refractivity contribution in [1.82, 2.24) is 0 Å². The molecule has 0 fully saturated rings. The largest absolute Gasteiger partial charge is 1.00 e. The van der Waals surface area contributed by atoms with E-state index in [0.717, 1.165) is 11.4 Å². The van der Waals surface area contributed by atoms with E-state index in [-0.39, 0.29) is 12.4 Å². The van der Waals surface area contributed by atoms with Crippen molar-refractivity contribution in [2.24, 2.45) is 5.73 Å². The summed E-state index contributed by atoms with van der Waals surface area (Å²) in [5, 5.41) is 0. The maximum atomic E-state index is 5.36. The molecule has 62 valence electrons. The van der Waals surface area contributed by atoms with Crippen LogP contribution >= 0.6 is 12.6 Å². The van der Waals surface area contributed by atoms with Gasteiger partial charge in [0.15, 0.2) is 18.9 Å². The maximum absolute atomic E-state index is 5.36. The highest BCUT2D eigenvalue weighted by molar-refractivity contribution is 7.80. The molecule has 0 atom stereocenters. The van der Waals surface area contributed by atoms with E-state index in [0.29, 0.717) is 6.54 Å². The number of pyridine rings is 1.